The summed E-state index contributed by atoms with van der Waals surface area (Å²) >= 11 is 0. The van der Waals surface area contributed by atoms with Gasteiger partial charge in [-0.15, -0.1) is 0 Å². The van der Waals surface area contributed by atoms with Crippen molar-refractivity contribution < 1.29 is 9.13 Å². The van der Waals surface area contributed by atoms with Crippen molar-refractivity contribution in [2.45, 2.75) is 25.6 Å². The number of morpholine rings is 1. The summed E-state index contributed by atoms with van der Waals surface area (Å²) < 4.78 is 21.0. The summed E-state index contributed by atoms with van der Waals surface area (Å²) in [6.45, 7) is 4.28. The summed E-state index contributed by atoms with van der Waals surface area (Å²) in [5.41, 5.74) is 2.17. The zero-order valence-corrected chi connectivity index (χ0v) is 15.5. The molecule has 2 atom stereocenters. The van der Waals surface area contributed by atoms with Gasteiger partial charge in [0.15, 0.2) is 5.96 Å². The SMILES string of the molecule is CN=C(NCCc1cnn(C)c1)N1CC(C)OC(c2ccc(F)cc2)C1. The van der Waals surface area contributed by atoms with E-state index in [1.165, 1.54) is 17.7 Å². The number of aryl methyl sites for hydroxylation is 1. The minimum atomic E-state index is -0.234. The molecular formula is C19H26FN5O. The smallest absolute Gasteiger partial charge is 0.193 e. The van der Waals surface area contributed by atoms with Crippen LogP contribution in [-0.4, -0.2) is 53.4 Å². The monoisotopic (exact) mass is 359 g/mol. The van der Waals surface area contributed by atoms with E-state index in [0.29, 0.717) is 6.54 Å². The molecule has 1 saturated heterocycles. The van der Waals surface area contributed by atoms with Gasteiger partial charge in [-0.1, -0.05) is 12.1 Å². The predicted molar refractivity (Wildman–Crippen MR) is 99.5 cm³/mol. The molecule has 26 heavy (non-hydrogen) atoms. The zero-order chi connectivity index (χ0) is 18.5. The molecule has 0 bridgehead atoms. The molecule has 0 spiro atoms. The molecule has 2 unspecified atom stereocenters. The average Bonchev–Trinajstić information content (AvgIpc) is 3.04. The van der Waals surface area contributed by atoms with Gasteiger partial charge in [0.05, 0.1) is 18.8 Å². The fourth-order valence-electron chi connectivity index (χ4n) is 3.24. The van der Waals surface area contributed by atoms with Crippen LogP contribution in [0.25, 0.3) is 0 Å². The van der Waals surface area contributed by atoms with Crippen LogP contribution in [0.5, 0.6) is 0 Å². The van der Waals surface area contributed by atoms with Gasteiger partial charge in [0.1, 0.15) is 11.9 Å². The number of guanidine groups is 1. The van der Waals surface area contributed by atoms with Gasteiger partial charge in [-0.2, -0.15) is 5.10 Å². The van der Waals surface area contributed by atoms with Crippen LogP contribution in [0.3, 0.4) is 0 Å². The highest BCUT2D eigenvalue weighted by Gasteiger charge is 2.28. The lowest BCUT2D eigenvalue weighted by molar-refractivity contribution is -0.0604. The van der Waals surface area contributed by atoms with Crippen LogP contribution in [0.2, 0.25) is 0 Å². The van der Waals surface area contributed by atoms with Crippen LogP contribution in [0.15, 0.2) is 41.7 Å². The van der Waals surface area contributed by atoms with Crippen molar-refractivity contribution in [1.82, 2.24) is 20.0 Å². The maximum atomic E-state index is 13.2. The topological polar surface area (TPSA) is 54.7 Å². The molecule has 1 aliphatic heterocycles. The summed E-state index contributed by atoms with van der Waals surface area (Å²) in [5, 5.41) is 7.61. The summed E-state index contributed by atoms with van der Waals surface area (Å²) in [5.74, 6) is 0.624. The number of rotatable bonds is 4. The standard InChI is InChI=1S/C19H26FN5O/c1-14-11-25(13-18(26-14)16-4-6-17(20)7-5-16)19(21-2)22-9-8-15-10-23-24(3)12-15/h4-7,10,12,14,18H,8-9,11,13H2,1-3H3,(H,21,22). The van der Waals surface area contributed by atoms with Crippen molar-refractivity contribution in [3.05, 3.63) is 53.6 Å². The van der Waals surface area contributed by atoms with Gasteiger partial charge in [0.25, 0.3) is 0 Å². The van der Waals surface area contributed by atoms with E-state index in [0.717, 1.165) is 31.0 Å². The minimum absolute atomic E-state index is 0.0654. The van der Waals surface area contributed by atoms with Gasteiger partial charge in [-0.05, 0) is 36.6 Å². The molecule has 0 amide bonds. The summed E-state index contributed by atoms with van der Waals surface area (Å²) in [6.07, 6.45) is 4.75. The van der Waals surface area contributed by atoms with Gasteiger partial charge in [0.2, 0.25) is 0 Å². The van der Waals surface area contributed by atoms with E-state index >= 15 is 0 Å². The summed E-state index contributed by atoms with van der Waals surface area (Å²) in [7, 11) is 3.71. The highest BCUT2D eigenvalue weighted by atomic mass is 19.1. The van der Waals surface area contributed by atoms with Crippen LogP contribution < -0.4 is 5.32 Å². The van der Waals surface area contributed by atoms with Gasteiger partial charge < -0.3 is 15.0 Å². The third kappa shape index (κ3) is 4.60. The van der Waals surface area contributed by atoms with Crippen LogP contribution >= 0.6 is 0 Å². The van der Waals surface area contributed by atoms with Gasteiger partial charge in [-0.3, -0.25) is 9.67 Å². The van der Waals surface area contributed by atoms with Crippen molar-refractivity contribution in [3.63, 3.8) is 0 Å². The van der Waals surface area contributed by atoms with Crippen LogP contribution in [0, 0.1) is 5.82 Å². The van der Waals surface area contributed by atoms with Crippen LogP contribution in [0.1, 0.15) is 24.2 Å². The highest BCUT2D eigenvalue weighted by Crippen LogP contribution is 2.25. The second-order valence-corrected chi connectivity index (χ2v) is 6.64. The van der Waals surface area contributed by atoms with Crippen molar-refractivity contribution in [3.8, 4) is 0 Å². The number of benzene rings is 1. The van der Waals surface area contributed by atoms with E-state index in [1.807, 2.05) is 26.4 Å². The fraction of sp³-hybridized carbons (Fsp3) is 0.474. The number of ether oxygens (including phenoxy) is 1. The molecule has 2 aromatic rings. The summed E-state index contributed by atoms with van der Waals surface area (Å²) in [6, 6.07) is 6.52. The Kier molecular flexibility index (Phi) is 5.88. The van der Waals surface area contributed by atoms with Gasteiger partial charge >= 0.3 is 0 Å². The normalized spacial score (nSPS) is 21.1. The Bertz CT molecular complexity index is 743. The molecule has 140 valence electrons. The van der Waals surface area contributed by atoms with Crippen LogP contribution in [-0.2, 0) is 18.2 Å². The maximum absolute atomic E-state index is 13.2. The second kappa shape index (κ2) is 8.31. The van der Waals surface area contributed by atoms with Gasteiger partial charge in [0, 0.05) is 33.4 Å². The first-order valence-electron chi connectivity index (χ1n) is 8.89. The number of hydrogen-bond acceptors (Lipinski definition) is 3. The highest BCUT2D eigenvalue weighted by molar-refractivity contribution is 5.80. The van der Waals surface area contributed by atoms with Crippen molar-refractivity contribution in [1.29, 1.82) is 0 Å². The number of nitrogens with one attached hydrogen (secondary N) is 1. The largest absolute Gasteiger partial charge is 0.367 e. The molecular weight excluding hydrogens is 333 g/mol. The number of aromatic nitrogens is 2. The molecule has 3 rings (SSSR count). The number of hydrogen-bond donors (Lipinski definition) is 1. The van der Waals surface area contributed by atoms with E-state index in [9.17, 15) is 4.39 Å². The molecule has 2 heterocycles. The predicted octanol–water partition coefficient (Wildman–Crippen LogP) is 2.14. The number of nitrogens with zero attached hydrogens (tertiary/aromatic N) is 4. The van der Waals surface area contributed by atoms with Crippen molar-refractivity contribution in [2.24, 2.45) is 12.0 Å². The quantitative estimate of drug-likeness (QED) is 0.671. The molecule has 0 radical (unpaired) electrons. The van der Waals surface area contributed by atoms with E-state index in [1.54, 1.807) is 23.9 Å². The molecule has 1 aromatic heterocycles. The molecule has 1 fully saturated rings. The Morgan fingerprint density at radius 3 is 2.77 bits per heavy atom. The lowest BCUT2D eigenvalue weighted by Gasteiger charge is -2.38. The Morgan fingerprint density at radius 1 is 1.35 bits per heavy atom. The first-order valence-corrected chi connectivity index (χ1v) is 8.89. The van der Waals surface area contributed by atoms with Gasteiger partial charge in [-0.25, -0.2) is 4.39 Å². The molecule has 1 aliphatic rings. The van der Waals surface area contributed by atoms with Crippen molar-refractivity contribution in [2.75, 3.05) is 26.7 Å². The third-order valence-electron chi connectivity index (χ3n) is 4.47. The van der Waals surface area contributed by atoms with Crippen molar-refractivity contribution >= 4 is 5.96 Å². The van der Waals surface area contributed by atoms with E-state index < -0.39 is 0 Å². The zero-order valence-electron chi connectivity index (χ0n) is 15.5. The molecule has 0 aliphatic carbocycles. The fourth-order valence-corrected chi connectivity index (χ4v) is 3.24. The molecule has 0 saturated carbocycles. The van der Waals surface area contributed by atoms with E-state index in [4.69, 9.17) is 4.74 Å². The Labute approximate surface area is 153 Å². The number of halogens is 1. The van der Waals surface area contributed by atoms with E-state index in [-0.39, 0.29) is 18.0 Å². The molecule has 1 N–H and O–H groups in total. The lowest BCUT2D eigenvalue weighted by atomic mass is 10.1. The number of aliphatic imine (C=N–C) groups is 1. The molecule has 7 heteroatoms. The Morgan fingerprint density at radius 2 is 2.12 bits per heavy atom. The van der Waals surface area contributed by atoms with Crippen LogP contribution in [0.4, 0.5) is 4.39 Å². The average molecular weight is 359 g/mol. The molecule has 6 nitrogen and oxygen atoms in total. The second-order valence-electron chi connectivity index (χ2n) is 6.64. The lowest BCUT2D eigenvalue weighted by Crippen LogP contribution is -2.51. The third-order valence-corrected chi connectivity index (χ3v) is 4.47. The minimum Gasteiger partial charge on any atom is -0.367 e. The maximum Gasteiger partial charge on any atom is 0.193 e. The first kappa shape index (κ1) is 18.4. The Hall–Kier alpha value is -2.41. The van der Waals surface area contributed by atoms with E-state index in [2.05, 4.69) is 20.3 Å². The summed E-state index contributed by atoms with van der Waals surface area (Å²) in [4.78, 5) is 6.62. The Balaban J connectivity index is 1.60. The first-order chi connectivity index (χ1) is 12.5. The molecule has 1 aromatic carbocycles.